The van der Waals surface area contributed by atoms with Crippen LogP contribution in [0.4, 0.5) is 0 Å². The second-order valence-electron chi connectivity index (χ2n) is 9.53. The third-order valence-corrected chi connectivity index (χ3v) is 7.96. The minimum absolute atomic E-state index is 0.00201. The number of hydrogen-bond donors (Lipinski definition) is 1. The molecule has 0 radical (unpaired) electrons. The van der Waals surface area contributed by atoms with Crippen LogP contribution in [-0.4, -0.2) is 27.6 Å². The van der Waals surface area contributed by atoms with Gasteiger partial charge in [0.2, 0.25) is 0 Å². The summed E-state index contributed by atoms with van der Waals surface area (Å²) in [5, 5.41) is 15.6. The zero-order chi connectivity index (χ0) is 20.2. The Morgan fingerprint density at radius 2 is 2.21 bits per heavy atom. The molecule has 29 heavy (non-hydrogen) atoms. The quantitative estimate of drug-likeness (QED) is 0.821. The highest BCUT2D eigenvalue weighted by Gasteiger charge is 2.56. The van der Waals surface area contributed by atoms with E-state index in [0.717, 1.165) is 37.2 Å². The van der Waals surface area contributed by atoms with Crippen LogP contribution < -0.4 is 4.74 Å². The Kier molecular flexibility index (Phi) is 4.58. The highest BCUT2D eigenvalue weighted by molar-refractivity contribution is 5.54. The molecule has 4 nitrogen and oxygen atoms in total. The van der Waals surface area contributed by atoms with Crippen molar-refractivity contribution in [1.82, 2.24) is 9.78 Å². The second kappa shape index (κ2) is 7.02. The summed E-state index contributed by atoms with van der Waals surface area (Å²) in [6, 6.07) is 6.73. The first kappa shape index (κ1) is 18.9. The van der Waals surface area contributed by atoms with Gasteiger partial charge < -0.3 is 9.84 Å². The monoisotopic (exact) mass is 392 g/mol. The van der Waals surface area contributed by atoms with Crippen molar-refractivity contribution in [3.63, 3.8) is 0 Å². The number of nitrogens with zero attached hydrogens (tertiary/aromatic N) is 2. The van der Waals surface area contributed by atoms with E-state index in [1.807, 2.05) is 31.0 Å². The smallest absolute Gasteiger partial charge is 0.119 e. The maximum absolute atomic E-state index is 11.3. The summed E-state index contributed by atoms with van der Waals surface area (Å²) >= 11 is 0. The van der Waals surface area contributed by atoms with Crippen molar-refractivity contribution in [2.45, 2.75) is 58.0 Å². The molecular weight excluding hydrogens is 360 g/mol. The lowest BCUT2D eigenvalue weighted by atomic mass is 9.55. The number of aliphatic hydroxyl groups excluding tert-OH is 1. The van der Waals surface area contributed by atoms with Crippen LogP contribution in [0, 0.1) is 17.3 Å². The molecule has 0 saturated heterocycles. The molecule has 1 aromatic heterocycles. The van der Waals surface area contributed by atoms with Crippen LogP contribution in [0.1, 0.15) is 62.1 Å². The summed E-state index contributed by atoms with van der Waals surface area (Å²) in [6.45, 7) is 5.09. The fourth-order valence-corrected chi connectivity index (χ4v) is 6.54. The lowest BCUT2D eigenvalue weighted by molar-refractivity contribution is -0.0158. The molecule has 2 aromatic rings. The number of rotatable bonds is 3. The number of aryl methyl sites for hydroxylation is 2. The molecule has 5 rings (SSSR count). The number of aliphatic hydroxyl groups is 1. The van der Waals surface area contributed by atoms with E-state index >= 15 is 0 Å². The van der Waals surface area contributed by atoms with Crippen molar-refractivity contribution in [2.24, 2.45) is 24.3 Å². The topological polar surface area (TPSA) is 47.3 Å². The first-order valence-electron chi connectivity index (χ1n) is 11.1. The highest BCUT2D eigenvalue weighted by Crippen LogP contribution is 2.62. The molecule has 0 amide bonds. The van der Waals surface area contributed by atoms with Crippen molar-refractivity contribution in [3.8, 4) is 5.75 Å². The van der Waals surface area contributed by atoms with E-state index in [-0.39, 0.29) is 11.5 Å². The summed E-state index contributed by atoms with van der Waals surface area (Å²) in [7, 11) is 1.94. The Morgan fingerprint density at radius 3 is 2.97 bits per heavy atom. The first-order valence-corrected chi connectivity index (χ1v) is 11.1. The second-order valence-corrected chi connectivity index (χ2v) is 9.53. The number of aromatic nitrogens is 2. The van der Waals surface area contributed by atoms with E-state index in [9.17, 15) is 5.11 Å². The van der Waals surface area contributed by atoms with Crippen LogP contribution in [0.5, 0.6) is 5.75 Å². The molecule has 154 valence electrons. The molecule has 1 N–H and O–H groups in total. The van der Waals surface area contributed by atoms with E-state index < -0.39 is 0 Å². The van der Waals surface area contributed by atoms with Crippen LogP contribution in [0.2, 0.25) is 0 Å². The minimum atomic E-state index is -0.338. The summed E-state index contributed by atoms with van der Waals surface area (Å²) in [6.07, 6.45) is 11.4. The molecule has 0 unspecified atom stereocenters. The van der Waals surface area contributed by atoms with Crippen molar-refractivity contribution >= 4 is 6.08 Å². The first-order chi connectivity index (χ1) is 14.0. The molecule has 4 heteroatoms. The summed E-state index contributed by atoms with van der Waals surface area (Å²) in [5.41, 5.74) is 5.30. The zero-order valence-corrected chi connectivity index (χ0v) is 17.8. The summed E-state index contributed by atoms with van der Waals surface area (Å²) in [4.78, 5) is 0. The number of ether oxygens (including phenoxy) is 1. The third kappa shape index (κ3) is 3.04. The average molecular weight is 393 g/mol. The molecular formula is C25H32N2O2. The summed E-state index contributed by atoms with van der Waals surface area (Å²) < 4.78 is 7.56. The maximum Gasteiger partial charge on any atom is 0.119 e. The van der Waals surface area contributed by atoms with Gasteiger partial charge in [0.05, 0.1) is 18.9 Å². The lowest BCUT2D eigenvalue weighted by Gasteiger charge is -2.49. The SMILES string of the molecule is CCOc1ccc2c(c1)CC[C@@H]1[C@@H]2CC[C@@]2(C)[C@@H]1C/C(=C\c1cnn(C)c1)[C@@H]2O. The summed E-state index contributed by atoms with van der Waals surface area (Å²) in [5.74, 6) is 2.84. The van der Waals surface area contributed by atoms with Crippen LogP contribution >= 0.6 is 0 Å². The molecule has 0 aliphatic heterocycles. The molecule has 1 heterocycles. The molecule has 3 aliphatic rings. The Balaban J connectivity index is 1.44. The van der Waals surface area contributed by atoms with Crippen LogP contribution in [-0.2, 0) is 13.5 Å². The highest BCUT2D eigenvalue weighted by atomic mass is 16.5. The van der Waals surface area contributed by atoms with E-state index in [0.29, 0.717) is 17.8 Å². The Hall–Kier alpha value is -2.07. The molecule has 0 bridgehead atoms. The van der Waals surface area contributed by atoms with Gasteiger partial charge in [0.15, 0.2) is 0 Å². The van der Waals surface area contributed by atoms with Crippen LogP contribution in [0.25, 0.3) is 6.08 Å². The van der Waals surface area contributed by atoms with Crippen molar-refractivity contribution < 1.29 is 9.84 Å². The van der Waals surface area contributed by atoms with E-state index in [1.165, 1.54) is 29.5 Å². The van der Waals surface area contributed by atoms with Crippen LogP contribution in [0.15, 0.2) is 36.2 Å². The van der Waals surface area contributed by atoms with Crippen molar-refractivity contribution in [3.05, 3.63) is 52.9 Å². The van der Waals surface area contributed by atoms with E-state index in [1.54, 1.807) is 0 Å². The average Bonchev–Trinajstić information content (AvgIpc) is 3.23. The van der Waals surface area contributed by atoms with Crippen LogP contribution in [0.3, 0.4) is 0 Å². The number of benzene rings is 1. The van der Waals surface area contributed by atoms with Gasteiger partial charge in [-0.15, -0.1) is 0 Å². The van der Waals surface area contributed by atoms with Gasteiger partial charge in [-0.05, 0) is 85.6 Å². The fourth-order valence-electron chi connectivity index (χ4n) is 6.54. The lowest BCUT2D eigenvalue weighted by Crippen LogP contribution is -2.44. The van der Waals surface area contributed by atoms with E-state index in [2.05, 4.69) is 36.3 Å². The molecule has 5 atom stereocenters. The fraction of sp³-hybridized carbons (Fsp3) is 0.560. The van der Waals surface area contributed by atoms with Crippen molar-refractivity contribution in [2.75, 3.05) is 6.61 Å². The predicted octanol–water partition coefficient (Wildman–Crippen LogP) is 4.73. The number of hydrogen-bond acceptors (Lipinski definition) is 3. The standard InChI is InChI=1S/C25H32N2O2/c1-4-29-19-6-8-20-17(12-19)5-7-22-21(20)9-10-25(2)23(22)13-18(24(25)28)11-16-14-26-27(3)15-16/h6,8,11-12,14-15,21-24,28H,4-5,7,9-10,13H2,1-3H3/b18-11+/t21-,22-,23-,24+,25+/m1/s1. The van der Waals surface area contributed by atoms with Gasteiger partial charge in [-0.25, -0.2) is 0 Å². The maximum atomic E-state index is 11.3. The van der Waals surface area contributed by atoms with Gasteiger partial charge in [-0.2, -0.15) is 5.10 Å². The predicted molar refractivity (Wildman–Crippen MR) is 115 cm³/mol. The van der Waals surface area contributed by atoms with Gasteiger partial charge in [-0.3, -0.25) is 4.68 Å². The Morgan fingerprint density at radius 1 is 1.34 bits per heavy atom. The van der Waals surface area contributed by atoms with Crippen molar-refractivity contribution in [1.29, 1.82) is 0 Å². The molecule has 0 spiro atoms. The van der Waals surface area contributed by atoms with Gasteiger partial charge in [0.1, 0.15) is 5.75 Å². The van der Waals surface area contributed by atoms with Gasteiger partial charge >= 0.3 is 0 Å². The molecule has 2 fully saturated rings. The Labute approximate surface area is 173 Å². The zero-order valence-electron chi connectivity index (χ0n) is 17.8. The third-order valence-electron chi connectivity index (χ3n) is 7.96. The number of fused-ring (bicyclic) bond motifs is 5. The van der Waals surface area contributed by atoms with Gasteiger partial charge in [-0.1, -0.05) is 19.1 Å². The minimum Gasteiger partial charge on any atom is -0.494 e. The van der Waals surface area contributed by atoms with E-state index in [4.69, 9.17) is 4.74 Å². The largest absolute Gasteiger partial charge is 0.494 e. The Bertz CT molecular complexity index is 946. The molecule has 3 aliphatic carbocycles. The van der Waals surface area contributed by atoms with Gasteiger partial charge in [0.25, 0.3) is 0 Å². The normalized spacial score (nSPS) is 34.6. The molecule has 1 aromatic carbocycles. The molecule has 2 saturated carbocycles. The van der Waals surface area contributed by atoms with Gasteiger partial charge in [0, 0.05) is 24.2 Å².